The van der Waals surface area contributed by atoms with E-state index >= 15 is 0 Å². The van der Waals surface area contributed by atoms with Gasteiger partial charge in [-0.15, -0.1) is 12.4 Å². The van der Waals surface area contributed by atoms with E-state index in [9.17, 15) is 0 Å². The Bertz CT molecular complexity index is 360. The molecule has 0 aromatic carbocycles. The lowest BCUT2D eigenvalue weighted by atomic mass is 10.3. The van der Waals surface area contributed by atoms with Crippen LogP contribution in [0, 0.1) is 0 Å². The third-order valence-corrected chi connectivity index (χ3v) is 1.86. The SMILES string of the molecule is CN=CC(=CN(C)C)CNc1ccccn1.Cl. The Balaban J connectivity index is 0.00000256. The molecule has 0 saturated carbocycles. The largest absolute Gasteiger partial charge is 0.383 e. The molecule has 0 radical (unpaired) electrons. The van der Waals surface area contributed by atoms with Crippen LogP contribution in [0.5, 0.6) is 0 Å². The first-order chi connectivity index (χ1) is 7.72. The third kappa shape index (κ3) is 6.58. The van der Waals surface area contributed by atoms with Gasteiger partial charge in [0.05, 0.1) is 0 Å². The number of anilines is 1. The molecule has 17 heavy (non-hydrogen) atoms. The zero-order valence-electron chi connectivity index (χ0n) is 10.4. The van der Waals surface area contributed by atoms with Gasteiger partial charge >= 0.3 is 0 Å². The predicted octanol–water partition coefficient (Wildman–Crippen LogP) is 2.06. The first kappa shape index (κ1) is 15.5. The van der Waals surface area contributed by atoms with Gasteiger partial charge in [-0.3, -0.25) is 4.99 Å². The molecule has 0 spiro atoms. The summed E-state index contributed by atoms with van der Waals surface area (Å²) in [5.41, 5.74) is 1.11. The smallest absolute Gasteiger partial charge is 0.126 e. The van der Waals surface area contributed by atoms with Crippen molar-refractivity contribution in [3.05, 3.63) is 36.2 Å². The average Bonchev–Trinajstić information content (AvgIpc) is 2.27. The van der Waals surface area contributed by atoms with Gasteiger partial charge in [0.25, 0.3) is 0 Å². The lowest BCUT2D eigenvalue weighted by Crippen LogP contribution is -2.11. The lowest BCUT2D eigenvalue weighted by molar-refractivity contribution is 0.560. The third-order valence-electron chi connectivity index (χ3n) is 1.86. The summed E-state index contributed by atoms with van der Waals surface area (Å²) < 4.78 is 0. The van der Waals surface area contributed by atoms with E-state index in [1.165, 1.54) is 0 Å². The number of nitrogens with zero attached hydrogens (tertiary/aromatic N) is 3. The molecule has 0 fully saturated rings. The van der Waals surface area contributed by atoms with Gasteiger partial charge < -0.3 is 10.2 Å². The number of halogens is 1. The van der Waals surface area contributed by atoms with Gasteiger partial charge in [-0.05, 0) is 12.1 Å². The van der Waals surface area contributed by atoms with Crippen LogP contribution >= 0.6 is 12.4 Å². The molecular weight excluding hydrogens is 236 g/mol. The molecule has 0 aliphatic carbocycles. The van der Waals surface area contributed by atoms with Crippen LogP contribution in [0.4, 0.5) is 5.82 Å². The Labute approximate surface area is 109 Å². The van der Waals surface area contributed by atoms with Gasteiger partial charge in [0.2, 0.25) is 0 Å². The Hall–Kier alpha value is -1.55. The van der Waals surface area contributed by atoms with Crippen molar-refractivity contribution in [2.75, 3.05) is 33.0 Å². The van der Waals surface area contributed by atoms with Crippen molar-refractivity contribution < 1.29 is 0 Å². The number of rotatable bonds is 5. The summed E-state index contributed by atoms with van der Waals surface area (Å²) in [7, 11) is 5.75. The van der Waals surface area contributed by atoms with Gasteiger partial charge in [-0.1, -0.05) is 6.07 Å². The van der Waals surface area contributed by atoms with Crippen LogP contribution < -0.4 is 5.32 Å². The fraction of sp³-hybridized carbons (Fsp3) is 0.333. The van der Waals surface area contributed by atoms with E-state index in [1.54, 1.807) is 13.2 Å². The first-order valence-electron chi connectivity index (χ1n) is 5.16. The number of pyridine rings is 1. The monoisotopic (exact) mass is 254 g/mol. The Morgan fingerprint density at radius 3 is 2.76 bits per heavy atom. The molecule has 5 heteroatoms. The number of nitrogens with one attached hydrogen (secondary N) is 1. The van der Waals surface area contributed by atoms with Gasteiger partial charge in [0, 0.05) is 51.9 Å². The molecular formula is C12H19ClN4. The molecule has 94 valence electrons. The highest BCUT2D eigenvalue weighted by Crippen LogP contribution is 2.01. The second-order valence-electron chi connectivity index (χ2n) is 3.62. The maximum absolute atomic E-state index is 4.19. The number of aliphatic imine (C=N–C) groups is 1. The van der Waals surface area contributed by atoms with E-state index in [0.717, 1.165) is 11.4 Å². The number of hydrogen-bond acceptors (Lipinski definition) is 4. The fourth-order valence-corrected chi connectivity index (χ4v) is 1.28. The van der Waals surface area contributed by atoms with Crippen molar-refractivity contribution in [2.24, 2.45) is 4.99 Å². The molecule has 0 aliphatic rings. The van der Waals surface area contributed by atoms with Gasteiger partial charge in [0.15, 0.2) is 0 Å². The van der Waals surface area contributed by atoms with Crippen LogP contribution in [0.3, 0.4) is 0 Å². The highest BCUT2D eigenvalue weighted by Gasteiger charge is 1.95. The zero-order chi connectivity index (χ0) is 11.8. The highest BCUT2D eigenvalue weighted by atomic mass is 35.5. The minimum Gasteiger partial charge on any atom is -0.383 e. The molecule has 1 N–H and O–H groups in total. The minimum absolute atomic E-state index is 0. The second kappa shape index (κ2) is 8.58. The number of aromatic nitrogens is 1. The molecule has 0 bridgehead atoms. The van der Waals surface area contributed by atoms with Crippen molar-refractivity contribution >= 4 is 24.4 Å². The summed E-state index contributed by atoms with van der Waals surface area (Å²) in [5, 5.41) is 3.24. The molecule has 0 unspecified atom stereocenters. The maximum atomic E-state index is 4.19. The van der Waals surface area contributed by atoms with E-state index in [0.29, 0.717) is 6.54 Å². The molecule has 0 saturated heterocycles. The topological polar surface area (TPSA) is 40.5 Å². The molecule has 0 aliphatic heterocycles. The summed E-state index contributed by atoms with van der Waals surface area (Å²) in [6, 6.07) is 5.80. The van der Waals surface area contributed by atoms with E-state index in [-0.39, 0.29) is 12.4 Å². The predicted molar refractivity (Wildman–Crippen MR) is 76.2 cm³/mol. The van der Waals surface area contributed by atoms with E-state index in [1.807, 2.05) is 49.6 Å². The maximum Gasteiger partial charge on any atom is 0.126 e. The molecule has 4 nitrogen and oxygen atoms in total. The van der Waals surface area contributed by atoms with Crippen molar-refractivity contribution in [2.45, 2.75) is 0 Å². The molecule has 1 aromatic heterocycles. The highest BCUT2D eigenvalue weighted by molar-refractivity contribution is 5.85. The van der Waals surface area contributed by atoms with Crippen LogP contribution in [0.15, 0.2) is 41.2 Å². The van der Waals surface area contributed by atoms with Gasteiger partial charge in [-0.25, -0.2) is 4.98 Å². The summed E-state index contributed by atoms with van der Waals surface area (Å²) in [5.74, 6) is 0.872. The summed E-state index contributed by atoms with van der Waals surface area (Å²) in [6.45, 7) is 0.715. The van der Waals surface area contributed by atoms with Gasteiger partial charge in [-0.2, -0.15) is 0 Å². The molecule has 0 atom stereocenters. The average molecular weight is 255 g/mol. The zero-order valence-corrected chi connectivity index (χ0v) is 11.2. The Kier molecular flexibility index (Phi) is 7.80. The summed E-state index contributed by atoms with van der Waals surface area (Å²) in [6.07, 6.45) is 5.64. The molecule has 0 amide bonds. The Morgan fingerprint density at radius 1 is 1.47 bits per heavy atom. The van der Waals surface area contributed by atoms with Crippen LogP contribution in [0.2, 0.25) is 0 Å². The fourth-order valence-electron chi connectivity index (χ4n) is 1.28. The van der Waals surface area contributed by atoms with Crippen molar-refractivity contribution in [3.63, 3.8) is 0 Å². The molecule has 1 rings (SSSR count). The minimum atomic E-state index is 0. The second-order valence-corrected chi connectivity index (χ2v) is 3.62. The van der Waals surface area contributed by atoms with Crippen LogP contribution in [0.25, 0.3) is 0 Å². The quantitative estimate of drug-likeness (QED) is 0.818. The van der Waals surface area contributed by atoms with Crippen LogP contribution in [-0.2, 0) is 0 Å². The van der Waals surface area contributed by atoms with E-state index in [2.05, 4.69) is 15.3 Å². The summed E-state index contributed by atoms with van der Waals surface area (Å²) in [4.78, 5) is 10.2. The van der Waals surface area contributed by atoms with E-state index in [4.69, 9.17) is 0 Å². The lowest BCUT2D eigenvalue weighted by Gasteiger charge is -2.10. The van der Waals surface area contributed by atoms with Crippen LogP contribution in [-0.4, -0.2) is 43.8 Å². The molecule has 1 aromatic rings. The van der Waals surface area contributed by atoms with Crippen molar-refractivity contribution in [1.82, 2.24) is 9.88 Å². The van der Waals surface area contributed by atoms with Gasteiger partial charge in [0.1, 0.15) is 5.82 Å². The Morgan fingerprint density at radius 2 is 2.24 bits per heavy atom. The first-order valence-corrected chi connectivity index (χ1v) is 5.16. The number of hydrogen-bond donors (Lipinski definition) is 1. The summed E-state index contributed by atoms with van der Waals surface area (Å²) >= 11 is 0. The normalized spacial score (nSPS) is 11.1. The molecule has 1 heterocycles. The van der Waals surface area contributed by atoms with Crippen molar-refractivity contribution in [1.29, 1.82) is 0 Å². The van der Waals surface area contributed by atoms with E-state index < -0.39 is 0 Å². The van der Waals surface area contributed by atoms with Crippen LogP contribution in [0.1, 0.15) is 0 Å². The van der Waals surface area contributed by atoms with Crippen molar-refractivity contribution in [3.8, 4) is 0 Å². The standard InChI is InChI=1S/C12H18N4.ClH/c1-13-8-11(10-16(2)3)9-15-12-6-4-5-7-14-12;/h4-8,10H,9H2,1-3H3,(H,14,15);1H.